The molecule has 6 nitrogen and oxygen atoms in total. The lowest BCUT2D eigenvalue weighted by molar-refractivity contribution is -0.145. The number of carbonyl (C=O) groups is 3. The van der Waals surface area contributed by atoms with Crippen molar-refractivity contribution in [3.05, 3.63) is 124 Å². The first-order valence-electron chi connectivity index (χ1n) is 15.1. The maximum Gasteiger partial charge on any atom is 0.328 e. The summed E-state index contributed by atoms with van der Waals surface area (Å²) in [6, 6.07) is 22.9. The number of carbonyl (C=O) groups excluding carboxylic acids is 3. The quantitative estimate of drug-likeness (QED) is 0.112. The van der Waals surface area contributed by atoms with Crippen LogP contribution in [-0.2, 0) is 22.6 Å². The molecule has 0 fully saturated rings. The van der Waals surface area contributed by atoms with Gasteiger partial charge in [-0.15, -0.1) is 0 Å². The average Bonchev–Trinajstić information content (AvgIpc) is 3.02. The summed E-state index contributed by atoms with van der Waals surface area (Å²) < 4.78 is 33.5. The van der Waals surface area contributed by atoms with Gasteiger partial charge in [-0.3, -0.25) is 9.59 Å². The Labute approximate surface area is 273 Å². The van der Waals surface area contributed by atoms with Gasteiger partial charge in [0.2, 0.25) is 0 Å². The van der Waals surface area contributed by atoms with Crippen LogP contribution in [0.5, 0.6) is 0 Å². The molecule has 240 valence electrons. The Balaban J connectivity index is 1.74. The van der Waals surface area contributed by atoms with Crippen molar-refractivity contribution in [2.24, 2.45) is 0 Å². The van der Waals surface area contributed by atoms with Crippen LogP contribution >= 0.6 is 11.8 Å². The highest BCUT2D eigenvalue weighted by Crippen LogP contribution is 2.30. The highest BCUT2D eigenvalue weighted by molar-refractivity contribution is 7.98. The minimum Gasteiger partial charge on any atom is -0.464 e. The highest BCUT2D eigenvalue weighted by Gasteiger charge is 2.24. The lowest BCUT2D eigenvalue weighted by atomic mass is 9.93. The van der Waals surface area contributed by atoms with E-state index in [2.05, 4.69) is 5.32 Å². The molecule has 0 aliphatic rings. The molecule has 0 spiro atoms. The van der Waals surface area contributed by atoms with Crippen LogP contribution in [0.3, 0.4) is 0 Å². The summed E-state index contributed by atoms with van der Waals surface area (Å²) in [5.74, 6) is -1.60. The molecule has 0 aliphatic heterocycles. The summed E-state index contributed by atoms with van der Waals surface area (Å²) in [4.78, 5) is 40.3. The van der Waals surface area contributed by atoms with Crippen LogP contribution in [0.1, 0.15) is 57.7 Å². The number of thioether (sulfide) groups is 1. The topological polar surface area (TPSA) is 75.7 Å². The Hall–Kier alpha value is -4.50. The Morgan fingerprint density at radius 1 is 0.870 bits per heavy atom. The molecule has 0 bridgehead atoms. The van der Waals surface area contributed by atoms with Crippen LogP contribution in [0.4, 0.5) is 14.5 Å². The number of amides is 1. The molecular weight excluding hydrogens is 606 g/mol. The largest absolute Gasteiger partial charge is 0.464 e. The summed E-state index contributed by atoms with van der Waals surface area (Å²) in [6.07, 6.45) is 2.37. The van der Waals surface area contributed by atoms with E-state index in [-0.39, 0.29) is 18.9 Å². The van der Waals surface area contributed by atoms with E-state index in [1.54, 1.807) is 49.0 Å². The van der Waals surface area contributed by atoms with Crippen LogP contribution < -0.4 is 10.2 Å². The van der Waals surface area contributed by atoms with Crippen molar-refractivity contribution in [2.75, 3.05) is 23.5 Å². The number of aryl methyl sites for hydroxylation is 1. The molecule has 0 unspecified atom stereocenters. The van der Waals surface area contributed by atoms with E-state index in [9.17, 15) is 23.2 Å². The highest BCUT2D eigenvalue weighted by atomic mass is 32.2. The van der Waals surface area contributed by atoms with Crippen molar-refractivity contribution < 1.29 is 27.9 Å². The smallest absolute Gasteiger partial charge is 0.328 e. The van der Waals surface area contributed by atoms with Crippen molar-refractivity contribution in [3.8, 4) is 11.1 Å². The SMILES string of the molecule is CCOC(=O)[C@H](CCSC)NC(=O)c1ccc(CN(Cc2cc(F)cc(F)c2)c2ccc(C(C)=O)cc2)cc1-c1ccccc1C. The van der Waals surface area contributed by atoms with E-state index in [0.717, 1.165) is 28.4 Å². The molecule has 0 saturated carbocycles. The number of nitrogens with one attached hydrogen (secondary N) is 1. The predicted molar refractivity (Wildman–Crippen MR) is 180 cm³/mol. The van der Waals surface area contributed by atoms with Gasteiger partial charge in [-0.05, 0) is 116 Å². The van der Waals surface area contributed by atoms with Gasteiger partial charge in [-0.2, -0.15) is 11.8 Å². The average molecular weight is 645 g/mol. The Morgan fingerprint density at radius 2 is 1.54 bits per heavy atom. The molecule has 1 atom stereocenters. The summed E-state index contributed by atoms with van der Waals surface area (Å²) in [5.41, 5.74) is 5.49. The minimum atomic E-state index is -0.788. The molecule has 4 aromatic carbocycles. The van der Waals surface area contributed by atoms with E-state index < -0.39 is 29.6 Å². The maximum absolute atomic E-state index is 14.1. The van der Waals surface area contributed by atoms with Crippen molar-refractivity contribution in [2.45, 2.75) is 46.3 Å². The minimum absolute atomic E-state index is 0.0688. The number of rotatable bonds is 14. The second-order valence-electron chi connectivity index (χ2n) is 11.0. The monoisotopic (exact) mass is 644 g/mol. The maximum atomic E-state index is 14.1. The predicted octanol–water partition coefficient (Wildman–Crippen LogP) is 7.76. The molecule has 4 aromatic rings. The normalized spacial score (nSPS) is 11.5. The molecule has 0 radical (unpaired) electrons. The van der Waals surface area contributed by atoms with Gasteiger partial charge in [0, 0.05) is 36.0 Å². The first kappa shape index (κ1) is 34.4. The number of ketones is 1. The van der Waals surface area contributed by atoms with Crippen LogP contribution in [0.15, 0.2) is 84.9 Å². The van der Waals surface area contributed by atoms with Gasteiger partial charge in [-0.1, -0.05) is 30.3 Å². The van der Waals surface area contributed by atoms with E-state index in [0.29, 0.717) is 41.0 Å². The van der Waals surface area contributed by atoms with Crippen LogP contribution in [0, 0.1) is 18.6 Å². The van der Waals surface area contributed by atoms with Crippen molar-refractivity contribution in [1.82, 2.24) is 5.32 Å². The number of nitrogens with zero attached hydrogens (tertiary/aromatic N) is 1. The van der Waals surface area contributed by atoms with Gasteiger partial charge in [0.1, 0.15) is 17.7 Å². The zero-order chi connectivity index (χ0) is 33.2. The Bertz CT molecular complexity index is 1670. The van der Waals surface area contributed by atoms with Gasteiger partial charge in [0.15, 0.2) is 5.78 Å². The number of Topliss-reactive ketones (excluding diaryl/α,β-unsaturated/α-hetero) is 1. The summed E-state index contributed by atoms with van der Waals surface area (Å²) in [7, 11) is 0. The second kappa shape index (κ2) is 16.2. The number of hydrogen-bond donors (Lipinski definition) is 1. The standard InChI is InChI=1S/C37H38F2N2O4S/c1-5-45-37(44)35(16-17-46-4)40-36(43)33-15-10-26(20-34(33)32-9-7-6-8-24(32)2)22-41(23-27-18-29(38)21-30(39)19-27)31-13-11-28(12-14-31)25(3)42/h6-15,18-21,35H,5,16-17,22-23H2,1-4H3,(H,40,43)/t35-/m0/s1. The molecule has 0 heterocycles. The fourth-order valence-corrected chi connectivity index (χ4v) is 5.71. The first-order valence-corrected chi connectivity index (χ1v) is 16.4. The molecule has 46 heavy (non-hydrogen) atoms. The zero-order valence-electron chi connectivity index (χ0n) is 26.4. The van der Waals surface area contributed by atoms with E-state index in [1.807, 2.05) is 54.5 Å². The first-order chi connectivity index (χ1) is 22.1. The van der Waals surface area contributed by atoms with Crippen molar-refractivity contribution in [1.29, 1.82) is 0 Å². The summed E-state index contributed by atoms with van der Waals surface area (Å²) in [5, 5.41) is 2.89. The molecule has 0 saturated heterocycles. The number of anilines is 1. The molecule has 1 amide bonds. The third-order valence-corrected chi connectivity index (χ3v) is 8.20. The number of esters is 1. The number of ether oxygens (including phenoxy) is 1. The molecule has 4 rings (SSSR count). The fraction of sp³-hybridized carbons (Fsp3) is 0.270. The lowest BCUT2D eigenvalue weighted by Gasteiger charge is -2.26. The molecule has 9 heteroatoms. The molecular formula is C37H38F2N2O4S. The van der Waals surface area contributed by atoms with E-state index in [4.69, 9.17) is 4.74 Å². The van der Waals surface area contributed by atoms with Crippen LogP contribution in [0.25, 0.3) is 11.1 Å². The lowest BCUT2D eigenvalue weighted by Crippen LogP contribution is -2.42. The molecule has 0 aliphatic carbocycles. The van der Waals surface area contributed by atoms with Gasteiger partial charge in [-0.25, -0.2) is 13.6 Å². The summed E-state index contributed by atoms with van der Waals surface area (Å²) in [6.45, 7) is 5.91. The van der Waals surface area contributed by atoms with Crippen molar-refractivity contribution >= 4 is 35.1 Å². The van der Waals surface area contributed by atoms with Gasteiger partial charge >= 0.3 is 5.97 Å². The molecule has 0 aromatic heterocycles. The second-order valence-corrected chi connectivity index (χ2v) is 12.0. The fourth-order valence-electron chi connectivity index (χ4n) is 5.24. The third kappa shape index (κ3) is 9.03. The third-order valence-electron chi connectivity index (χ3n) is 7.56. The zero-order valence-corrected chi connectivity index (χ0v) is 27.3. The van der Waals surface area contributed by atoms with E-state index >= 15 is 0 Å². The van der Waals surface area contributed by atoms with Gasteiger partial charge < -0.3 is 15.0 Å². The van der Waals surface area contributed by atoms with Crippen LogP contribution in [0.2, 0.25) is 0 Å². The van der Waals surface area contributed by atoms with E-state index in [1.165, 1.54) is 19.1 Å². The number of hydrogen-bond acceptors (Lipinski definition) is 6. The van der Waals surface area contributed by atoms with Crippen molar-refractivity contribution in [3.63, 3.8) is 0 Å². The molecule has 1 N–H and O–H groups in total. The Kier molecular flexibility index (Phi) is 12.1. The number of halogens is 2. The van der Waals surface area contributed by atoms with Gasteiger partial charge in [0.05, 0.1) is 6.61 Å². The Morgan fingerprint density at radius 3 is 2.17 bits per heavy atom. The number of benzene rings is 4. The summed E-state index contributed by atoms with van der Waals surface area (Å²) >= 11 is 1.58. The van der Waals surface area contributed by atoms with Crippen LogP contribution in [-0.4, -0.2) is 42.3 Å². The van der Waals surface area contributed by atoms with Gasteiger partial charge in [0.25, 0.3) is 5.91 Å².